The number of anilines is 1. The molecule has 1 aromatic carbocycles. The zero-order valence-corrected chi connectivity index (χ0v) is 12.8. The lowest BCUT2D eigenvalue weighted by Crippen LogP contribution is -2.20. The van der Waals surface area contributed by atoms with Gasteiger partial charge in [-0.05, 0) is 32.0 Å². The number of rotatable bonds is 5. The van der Waals surface area contributed by atoms with Gasteiger partial charge in [0, 0.05) is 23.5 Å². The highest BCUT2D eigenvalue weighted by molar-refractivity contribution is 5.89. The highest BCUT2D eigenvalue weighted by Crippen LogP contribution is 2.25. The molecule has 2 N–H and O–H groups in total. The average Bonchev–Trinajstić information content (AvgIpc) is 2.92. The van der Waals surface area contributed by atoms with Crippen LogP contribution < -0.4 is 5.32 Å². The molecule has 7 heteroatoms. The summed E-state index contributed by atoms with van der Waals surface area (Å²) in [5, 5.41) is 11.0. The quantitative estimate of drug-likeness (QED) is 0.754. The highest BCUT2D eigenvalue weighted by Gasteiger charge is 2.16. The molecule has 2 heterocycles. The first kappa shape index (κ1) is 15.3. The number of alkyl halides is 2. The van der Waals surface area contributed by atoms with Crippen molar-refractivity contribution < 1.29 is 8.78 Å². The molecule has 0 aliphatic heterocycles. The SMILES string of the molecule is Cc1cc(CC(C)Nc2nc(C(F)F)nc3ccccc23)n[nH]1. The summed E-state index contributed by atoms with van der Waals surface area (Å²) in [6, 6.07) is 9.07. The van der Waals surface area contributed by atoms with Gasteiger partial charge >= 0.3 is 0 Å². The second kappa shape index (κ2) is 6.28. The third-order valence-corrected chi connectivity index (χ3v) is 3.47. The molecule has 2 aromatic heterocycles. The van der Waals surface area contributed by atoms with Crippen molar-refractivity contribution in [3.63, 3.8) is 0 Å². The Morgan fingerprint density at radius 3 is 2.70 bits per heavy atom. The van der Waals surface area contributed by atoms with Gasteiger partial charge in [-0.2, -0.15) is 5.10 Å². The number of hydrogen-bond donors (Lipinski definition) is 2. The van der Waals surface area contributed by atoms with E-state index in [0.29, 0.717) is 17.8 Å². The molecule has 0 amide bonds. The van der Waals surface area contributed by atoms with Crippen LogP contribution in [0.3, 0.4) is 0 Å². The molecule has 0 saturated heterocycles. The van der Waals surface area contributed by atoms with E-state index in [1.54, 1.807) is 12.1 Å². The van der Waals surface area contributed by atoms with E-state index >= 15 is 0 Å². The fraction of sp³-hybridized carbons (Fsp3) is 0.312. The van der Waals surface area contributed by atoms with Gasteiger partial charge in [-0.3, -0.25) is 5.10 Å². The molecule has 0 fully saturated rings. The molecule has 0 radical (unpaired) electrons. The van der Waals surface area contributed by atoms with Crippen molar-refractivity contribution in [3.8, 4) is 0 Å². The molecule has 3 aromatic rings. The second-order valence-corrected chi connectivity index (χ2v) is 5.54. The predicted molar refractivity (Wildman–Crippen MR) is 84.6 cm³/mol. The van der Waals surface area contributed by atoms with Crippen molar-refractivity contribution in [3.05, 3.63) is 47.5 Å². The van der Waals surface area contributed by atoms with E-state index in [9.17, 15) is 8.78 Å². The van der Waals surface area contributed by atoms with Crippen molar-refractivity contribution in [2.24, 2.45) is 0 Å². The molecule has 23 heavy (non-hydrogen) atoms. The first-order valence-electron chi connectivity index (χ1n) is 7.35. The molecule has 120 valence electrons. The number of H-pyrrole nitrogens is 1. The summed E-state index contributed by atoms with van der Waals surface area (Å²) in [6.07, 6.45) is -2.04. The van der Waals surface area contributed by atoms with Crippen molar-refractivity contribution in [1.82, 2.24) is 20.2 Å². The van der Waals surface area contributed by atoms with Gasteiger partial charge in [0.1, 0.15) is 5.82 Å². The minimum atomic E-state index is -2.70. The zero-order chi connectivity index (χ0) is 16.4. The lowest BCUT2D eigenvalue weighted by atomic mass is 10.1. The Balaban J connectivity index is 1.88. The molecule has 0 aliphatic carbocycles. The van der Waals surface area contributed by atoms with E-state index in [-0.39, 0.29) is 6.04 Å². The van der Waals surface area contributed by atoms with E-state index in [0.717, 1.165) is 16.8 Å². The summed E-state index contributed by atoms with van der Waals surface area (Å²) in [6.45, 7) is 3.89. The first-order valence-corrected chi connectivity index (χ1v) is 7.35. The summed E-state index contributed by atoms with van der Waals surface area (Å²) in [5.74, 6) is -0.0420. The Kier molecular flexibility index (Phi) is 4.18. The number of benzene rings is 1. The van der Waals surface area contributed by atoms with Gasteiger partial charge < -0.3 is 5.32 Å². The average molecular weight is 317 g/mol. The molecule has 1 atom stereocenters. The fourth-order valence-corrected chi connectivity index (χ4v) is 2.48. The molecular weight excluding hydrogens is 300 g/mol. The molecule has 1 unspecified atom stereocenters. The summed E-state index contributed by atoms with van der Waals surface area (Å²) < 4.78 is 26.0. The van der Waals surface area contributed by atoms with E-state index in [1.807, 2.05) is 32.0 Å². The van der Waals surface area contributed by atoms with Gasteiger partial charge in [-0.1, -0.05) is 12.1 Å². The van der Waals surface area contributed by atoms with Crippen LogP contribution in [0, 0.1) is 6.92 Å². The van der Waals surface area contributed by atoms with Crippen LogP contribution in [0.1, 0.15) is 30.6 Å². The Hall–Kier alpha value is -2.57. The third kappa shape index (κ3) is 3.44. The van der Waals surface area contributed by atoms with Crippen LogP contribution in [0.2, 0.25) is 0 Å². The number of aromatic nitrogens is 4. The zero-order valence-electron chi connectivity index (χ0n) is 12.8. The molecular formula is C16H17F2N5. The number of halogens is 2. The molecule has 3 rings (SSSR count). The summed E-state index contributed by atoms with van der Waals surface area (Å²) >= 11 is 0. The maximum Gasteiger partial charge on any atom is 0.297 e. The van der Waals surface area contributed by atoms with Gasteiger partial charge in [-0.25, -0.2) is 18.7 Å². The van der Waals surface area contributed by atoms with E-state index in [4.69, 9.17) is 0 Å². The van der Waals surface area contributed by atoms with Crippen LogP contribution in [0.15, 0.2) is 30.3 Å². The Bertz CT molecular complexity index is 815. The fourth-order valence-electron chi connectivity index (χ4n) is 2.48. The number of aromatic amines is 1. The van der Waals surface area contributed by atoms with Gasteiger partial charge in [0.15, 0.2) is 5.82 Å². The predicted octanol–water partition coefficient (Wildman–Crippen LogP) is 3.64. The number of fused-ring (bicyclic) bond motifs is 1. The summed E-state index contributed by atoms with van der Waals surface area (Å²) in [4.78, 5) is 7.90. The Morgan fingerprint density at radius 1 is 1.22 bits per heavy atom. The van der Waals surface area contributed by atoms with Crippen LogP contribution in [0.4, 0.5) is 14.6 Å². The van der Waals surface area contributed by atoms with Gasteiger partial charge in [0.05, 0.1) is 11.2 Å². The maximum absolute atomic E-state index is 13.0. The van der Waals surface area contributed by atoms with Crippen LogP contribution in [0.25, 0.3) is 10.9 Å². The normalized spacial score (nSPS) is 12.7. The van der Waals surface area contributed by atoms with Crippen LogP contribution in [-0.4, -0.2) is 26.2 Å². The van der Waals surface area contributed by atoms with Gasteiger partial charge in [-0.15, -0.1) is 0 Å². The van der Waals surface area contributed by atoms with Crippen LogP contribution in [-0.2, 0) is 6.42 Å². The van der Waals surface area contributed by atoms with Crippen molar-refractivity contribution in [2.75, 3.05) is 5.32 Å². The van der Waals surface area contributed by atoms with E-state index < -0.39 is 12.2 Å². The van der Waals surface area contributed by atoms with Gasteiger partial charge in [0.2, 0.25) is 0 Å². The largest absolute Gasteiger partial charge is 0.367 e. The monoisotopic (exact) mass is 317 g/mol. The lowest BCUT2D eigenvalue weighted by molar-refractivity contribution is 0.141. The first-order chi connectivity index (χ1) is 11.0. The number of aryl methyl sites for hydroxylation is 1. The van der Waals surface area contributed by atoms with Crippen LogP contribution in [0.5, 0.6) is 0 Å². The Labute approximate surface area is 132 Å². The Morgan fingerprint density at radius 2 is 2.00 bits per heavy atom. The highest BCUT2D eigenvalue weighted by atomic mass is 19.3. The minimum absolute atomic E-state index is 0.0125. The maximum atomic E-state index is 13.0. The van der Waals surface area contributed by atoms with Crippen molar-refractivity contribution in [2.45, 2.75) is 32.7 Å². The van der Waals surface area contributed by atoms with Gasteiger partial charge in [0.25, 0.3) is 6.43 Å². The van der Waals surface area contributed by atoms with E-state index in [1.165, 1.54) is 0 Å². The van der Waals surface area contributed by atoms with Crippen molar-refractivity contribution in [1.29, 1.82) is 0 Å². The number of hydrogen-bond acceptors (Lipinski definition) is 4. The second-order valence-electron chi connectivity index (χ2n) is 5.54. The molecule has 5 nitrogen and oxygen atoms in total. The number of nitrogens with one attached hydrogen (secondary N) is 2. The summed E-state index contributed by atoms with van der Waals surface area (Å²) in [5.41, 5.74) is 2.40. The molecule has 0 saturated carbocycles. The smallest absolute Gasteiger partial charge is 0.297 e. The standard InChI is InChI=1S/C16H17F2N5/c1-9(7-11-8-10(2)22-23-11)19-15-12-5-3-4-6-13(12)20-16(21-15)14(17)18/h3-6,8-9,14H,7H2,1-2H3,(H,22,23)(H,19,20,21). The van der Waals surface area contributed by atoms with E-state index in [2.05, 4.69) is 25.5 Å². The van der Waals surface area contributed by atoms with Crippen LogP contribution >= 0.6 is 0 Å². The number of para-hydroxylation sites is 1. The number of nitrogens with zero attached hydrogens (tertiary/aromatic N) is 3. The minimum Gasteiger partial charge on any atom is -0.367 e. The molecule has 0 spiro atoms. The lowest BCUT2D eigenvalue weighted by Gasteiger charge is -2.16. The third-order valence-electron chi connectivity index (χ3n) is 3.47. The summed E-state index contributed by atoms with van der Waals surface area (Å²) in [7, 11) is 0. The topological polar surface area (TPSA) is 66.5 Å². The molecule has 0 bridgehead atoms. The molecule has 0 aliphatic rings. The van der Waals surface area contributed by atoms with Crippen molar-refractivity contribution >= 4 is 16.7 Å².